The van der Waals surface area contributed by atoms with E-state index in [-0.39, 0.29) is 5.38 Å². The lowest BCUT2D eigenvalue weighted by atomic mass is 9.98. The Bertz CT molecular complexity index is 84.6. The van der Waals surface area contributed by atoms with Crippen LogP contribution in [0.25, 0.3) is 0 Å². The molecular weight excluding hydrogens is 120 g/mol. The zero-order chi connectivity index (χ0) is 5.98. The first-order valence-electron chi connectivity index (χ1n) is 2.94. The number of alkyl halides is 1. The van der Waals surface area contributed by atoms with Crippen LogP contribution in [0.15, 0.2) is 12.2 Å². The van der Waals surface area contributed by atoms with Crippen LogP contribution < -0.4 is 0 Å². The summed E-state index contributed by atoms with van der Waals surface area (Å²) in [7, 11) is 0. The standard InChI is InChI=1S/C7H10Cl/c1-6-2-4-7(8)5-3-6/h2,4,6-7H,1,3,5H2. The molecule has 45 valence electrons. The van der Waals surface area contributed by atoms with Gasteiger partial charge in [-0.05, 0) is 25.7 Å². The Morgan fingerprint density at radius 3 is 2.50 bits per heavy atom. The number of hydrogen-bond donors (Lipinski definition) is 0. The van der Waals surface area contributed by atoms with E-state index < -0.39 is 0 Å². The summed E-state index contributed by atoms with van der Waals surface area (Å²) in [6.45, 7) is 3.89. The van der Waals surface area contributed by atoms with E-state index in [1.165, 1.54) is 0 Å². The van der Waals surface area contributed by atoms with Gasteiger partial charge in [0.1, 0.15) is 0 Å². The maximum atomic E-state index is 5.77. The highest BCUT2D eigenvalue weighted by atomic mass is 35.5. The summed E-state index contributed by atoms with van der Waals surface area (Å²) < 4.78 is 0. The molecular formula is C7H10Cl. The minimum absolute atomic E-state index is 0.271. The van der Waals surface area contributed by atoms with Crippen LogP contribution in [0.5, 0.6) is 0 Å². The fourth-order valence-corrected chi connectivity index (χ4v) is 1.05. The highest BCUT2D eigenvalue weighted by molar-refractivity contribution is 6.21. The van der Waals surface area contributed by atoms with Gasteiger partial charge in [0.25, 0.3) is 0 Å². The molecule has 0 aromatic heterocycles. The third-order valence-corrected chi connectivity index (χ3v) is 1.77. The molecule has 1 radical (unpaired) electrons. The van der Waals surface area contributed by atoms with Crippen molar-refractivity contribution < 1.29 is 0 Å². The van der Waals surface area contributed by atoms with Crippen molar-refractivity contribution in [2.24, 2.45) is 5.92 Å². The van der Waals surface area contributed by atoms with Crippen molar-refractivity contribution in [2.45, 2.75) is 18.2 Å². The molecule has 0 saturated heterocycles. The largest absolute Gasteiger partial charge is 0.118 e. The second-order valence-electron chi connectivity index (χ2n) is 2.24. The van der Waals surface area contributed by atoms with Crippen LogP contribution in [-0.4, -0.2) is 5.38 Å². The average Bonchev–Trinajstić information content (AvgIpc) is 1.77. The van der Waals surface area contributed by atoms with E-state index in [1.807, 2.05) is 6.08 Å². The molecule has 1 heteroatoms. The summed E-state index contributed by atoms with van der Waals surface area (Å²) >= 11 is 5.77. The number of halogens is 1. The molecule has 2 atom stereocenters. The molecule has 0 aromatic rings. The normalized spacial score (nSPS) is 37.8. The summed E-state index contributed by atoms with van der Waals surface area (Å²) in [6, 6.07) is 0. The lowest BCUT2D eigenvalue weighted by molar-refractivity contribution is 0.632. The molecule has 0 N–H and O–H groups in total. The molecule has 0 saturated carbocycles. The Morgan fingerprint density at radius 1 is 1.38 bits per heavy atom. The van der Waals surface area contributed by atoms with Crippen molar-refractivity contribution >= 4 is 11.6 Å². The molecule has 1 rings (SSSR count). The molecule has 1 aliphatic rings. The minimum atomic E-state index is 0.271. The Labute approximate surface area is 55.5 Å². The lowest BCUT2D eigenvalue weighted by Gasteiger charge is -2.13. The van der Waals surface area contributed by atoms with Crippen molar-refractivity contribution in [2.75, 3.05) is 0 Å². The average molecular weight is 130 g/mol. The van der Waals surface area contributed by atoms with Gasteiger partial charge in [-0.25, -0.2) is 0 Å². The summed E-state index contributed by atoms with van der Waals surface area (Å²) in [5, 5.41) is 0.271. The predicted molar refractivity (Wildman–Crippen MR) is 36.9 cm³/mol. The van der Waals surface area contributed by atoms with Gasteiger partial charge in [-0.2, -0.15) is 0 Å². The van der Waals surface area contributed by atoms with E-state index in [0.29, 0.717) is 5.92 Å². The van der Waals surface area contributed by atoms with Crippen LogP contribution in [0.4, 0.5) is 0 Å². The second kappa shape index (κ2) is 2.54. The van der Waals surface area contributed by atoms with Crippen molar-refractivity contribution in [1.82, 2.24) is 0 Å². The molecule has 2 unspecified atom stereocenters. The highest BCUT2D eigenvalue weighted by Crippen LogP contribution is 2.19. The molecule has 0 fully saturated rings. The van der Waals surface area contributed by atoms with Gasteiger partial charge in [0.15, 0.2) is 0 Å². The first-order valence-corrected chi connectivity index (χ1v) is 3.38. The molecule has 0 amide bonds. The van der Waals surface area contributed by atoms with Crippen LogP contribution in [0, 0.1) is 12.8 Å². The smallest absolute Gasteiger partial charge is 0.0516 e. The Hall–Kier alpha value is 0.0300. The molecule has 0 bridgehead atoms. The monoisotopic (exact) mass is 129 g/mol. The molecule has 0 nitrogen and oxygen atoms in total. The third kappa shape index (κ3) is 1.52. The maximum Gasteiger partial charge on any atom is 0.0516 e. The minimum Gasteiger partial charge on any atom is -0.118 e. The zero-order valence-electron chi connectivity index (χ0n) is 4.81. The van der Waals surface area contributed by atoms with Gasteiger partial charge in [0, 0.05) is 0 Å². The molecule has 1 aliphatic carbocycles. The number of hydrogen-bond acceptors (Lipinski definition) is 0. The maximum absolute atomic E-state index is 5.77. The van der Waals surface area contributed by atoms with E-state index in [9.17, 15) is 0 Å². The van der Waals surface area contributed by atoms with Crippen molar-refractivity contribution in [3.8, 4) is 0 Å². The van der Waals surface area contributed by atoms with Gasteiger partial charge in [-0.1, -0.05) is 12.2 Å². The summed E-state index contributed by atoms with van der Waals surface area (Å²) in [5.41, 5.74) is 0. The molecule has 0 aliphatic heterocycles. The SMILES string of the molecule is [CH2]C1C=CC(Cl)CC1. The Morgan fingerprint density at radius 2 is 2.12 bits per heavy atom. The van der Waals surface area contributed by atoms with Crippen LogP contribution in [0.3, 0.4) is 0 Å². The molecule has 0 spiro atoms. The van der Waals surface area contributed by atoms with Gasteiger partial charge in [-0.15, -0.1) is 11.6 Å². The molecule has 8 heavy (non-hydrogen) atoms. The van der Waals surface area contributed by atoms with E-state index in [1.54, 1.807) is 0 Å². The molecule has 0 aromatic carbocycles. The van der Waals surface area contributed by atoms with Crippen molar-refractivity contribution in [3.05, 3.63) is 19.1 Å². The van der Waals surface area contributed by atoms with Crippen molar-refractivity contribution in [3.63, 3.8) is 0 Å². The van der Waals surface area contributed by atoms with Gasteiger partial charge in [0.05, 0.1) is 5.38 Å². The number of rotatable bonds is 0. The van der Waals surface area contributed by atoms with Crippen LogP contribution in [-0.2, 0) is 0 Å². The Kier molecular flexibility index (Phi) is 1.95. The zero-order valence-corrected chi connectivity index (χ0v) is 5.56. The highest BCUT2D eigenvalue weighted by Gasteiger charge is 2.08. The van der Waals surface area contributed by atoms with E-state index in [4.69, 9.17) is 11.6 Å². The predicted octanol–water partition coefficient (Wildman–Crippen LogP) is 2.39. The lowest BCUT2D eigenvalue weighted by Crippen LogP contribution is -2.04. The van der Waals surface area contributed by atoms with E-state index >= 15 is 0 Å². The molecule has 0 heterocycles. The van der Waals surface area contributed by atoms with Gasteiger partial charge in [-0.3, -0.25) is 0 Å². The second-order valence-corrected chi connectivity index (χ2v) is 2.80. The van der Waals surface area contributed by atoms with Gasteiger partial charge in [0.2, 0.25) is 0 Å². The summed E-state index contributed by atoms with van der Waals surface area (Å²) in [4.78, 5) is 0. The quantitative estimate of drug-likeness (QED) is 0.348. The van der Waals surface area contributed by atoms with E-state index in [0.717, 1.165) is 12.8 Å². The van der Waals surface area contributed by atoms with Crippen LogP contribution in [0.2, 0.25) is 0 Å². The van der Waals surface area contributed by atoms with E-state index in [2.05, 4.69) is 13.0 Å². The summed E-state index contributed by atoms with van der Waals surface area (Å²) in [5.74, 6) is 0.505. The topological polar surface area (TPSA) is 0 Å². The van der Waals surface area contributed by atoms with Crippen molar-refractivity contribution in [1.29, 1.82) is 0 Å². The number of allylic oxidation sites excluding steroid dienone is 2. The van der Waals surface area contributed by atoms with Gasteiger partial charge >= 0.3 is 0 Å². The third-order valence-electron chi connectivity index (χ3n) is 1.41. The van der Waals surface area contributed by atoms with Gasteiger partial charge < -0.3 is 0 Å². The van der Waals surface area contributed by atoms with Crippen LogP contribution >= 0.6 is 11.6 Å². The van der Waals surface area contributed by atoms with Crippen LogP contribution in [0.1, 0.15) is 12.8 Å². The fraction of sp³-hybridized carbons (Fsp3) is 0.571. The Balaban J connectivity index is 2.42. The summed E-state index contributed by atoms with van der Waals surface area (Å²) in [6.07, 6.45) is 6.35. The first-order chi connectivity index (χ1) is 3.79. The fourth-order valence-electron chi connectivity index (χ4n) is 0.843. The first kappa shape index (κ1) is 6.15.